The van der Waals surface area contributed by atoms with E-state index in [0.29, 0.717) is 12.1 Å². The molecule has 0 aliphatic heterocycles. The lowest BCUT2D eigenvalue weighted by atomic mass is 10.2. The number of amides is 2. The molecule has 0 bridgehead atoms. The van der Waals surface area contributed by atoms with E-state index in [1.54, 1.807) is 6.08 Å². The molecule has 16 heavy (non-hydrogen) atoms. The molecular formula is C11H18N2O3. The SMILES string of the molecule is C=CC(=C)CNC(=O)C(COC)NC(C)=O. The summed E-state index contributed by atoms with van der Waals surface area (Å²) in [5.41, 5.74) is 0.701. The summed E-state index contributed by atoms with van der Waals surface area (Å²) in [7, 11) is 1.46. The van der Waals surface area contributed by atoms with Crippen LogP contribution in [0.15, 0.2) is 24.8 Å². The molecule has 0 aliphatic carbocycles. The second-order valence-corrected chi connectivity index (χ2v) is 3.29. The normalized spacial score (nSPS) is 11.4. The van der Waals surface area contributed by atoms with E-state index in [-0.39, 0.29) is 18.4 Å². The maximum atomic E-state index is 11.6. The first-order chi connectivity index (χ1) is 7.51. The fourth-order valence-corrected chi connectivity index (χ4v) is 0.991. The Morgan fingerprint density at radius 3 is 2.56 bits per heavy atom. The molecular weight excluding hydrogens is 208 g/mol. The first-order valence-corrected chi connectivity index (χ1v) is 4.85. The predicted molar refractivity (Wildman–Crippen MR) is 61.8 cm³/mol. The van der Waals surface area contributed by atoms with E-state index in [2.05, 4.69) is 23.8 Å². The summed E-state index contributed by atoms with van der Waals surface area (Å²) in [6.45, 7) is 8.97. The third-order valence-electron chi connectivity index (χ3n) is 1.81. The van der Waals surface area contributed by atoms with Gasteiger partial charge in [-0.15, -0.1) is 0 Å². The van der Waals surface area contributed by atoms with Crippen LogP contribution < -0.4 is 10.6 Å². The first kappa shape index (κ1) is 14.4. The number of hydrogen-bond donors (Lipinski definition) is 2. The van der Waals surface area contributed by atoms with Gasteiger partial charge in [0.1, 0.15) is 6.04 Å². The van der Waals surface area contributed by atoms with Gasteiger partial charge in [0.2, 0.25) is 11.8 Å². The van der Waals surface area contributed by atoms with Crippen LogP contribution in [-0.2, 0) is 14.3 Å². The standard InChI is InChI=1S/C11H18N2O3/c1-5-8(2)6-12-11(15)10(7-16-4)13-9(3)14/h5,10H,1-2,6-7H2,3-4H3,(H,12,15)(H,13,14). The smallest absolute Gasteiger partial charge is 0.245 e. The largest absolute Gasteiger partial charge is 0.382 e. The lowest BCUT2D eigenvalue weighted by Crippen LogP contribution is -2.48. The van der Waals surface area contributed by atoms with E-state index in [0.717, 1.165) is 0 Å². The van der Waals surface area contributed by atoms with Crippen LogP contribution in [0, 0.1) is 0 Å². The Morgan fingerprint density at radius 1 is 1.50 bits per heavy atom. The number of carbonyl (C=O) groups is 2. The quantitative estimate of drug-likeness (QED) is 0.600. The average molecular weight is 226 g/mol. The van der Waals surface area contributed by atoms with Gasteiger partial charge in [-0.05, 0) is 5.57 Å². The van der Waals surface area contributed by atoms with Crippen molar-refractivity contribution in [2.24, 2.45) is 0 Å². The third kappa shape index (κ3) is 5.98. The maximum Gasteiger partial charge on any atom is 0.245 e. The molecule has 0 aromatic carbocycles. The number of rotatable bonds is 7. The number of ether oxygens (including phenoxy) is 1. The molecule has 90 valence electrons. The Labute approximate surface area is 95.5 Å². The van der Waals surface area contributed by atoms with E-state index < -0.39 is 6.04 Å². The second-order valence-electron chi connectivity index (χ2n) is 3.29. The molecule has 5 nitrogen and oxygen atoms in total. The highest BCUT2D eigenvalue weighted by molar-refractivity contribution is 5.87. The van der Waals surface area contributed by atoms with Crippen LogP contribution in [0.5, 0.6) is 0 Å². The summed E-state index contributed by atoms with van der Waals surface area (Å²) < 4.78 is 4.84. The molecule has 0 spiro atoms. The molecule has 0 saturated heterocycles. The van der Waals surface area contributed by atoms with Crippen molar-refractivity contribution in [2.75, 3.05) is 20.3 Å². The summed E-state index contributed by atoms with van der Waals surface area (Å²) in [6.07, 6.45) is 1.56. The van der Waals surface area contributed by atoms with Crippen molar-refractivity contribution < 1.29 is 14.3 Å². The van der Waals surface area contributed by atoms with Crippen LogP contribution in [0.3, 0.4) is 0 Å². The Bertz CT molecular complexity index is 287. The molecule has 1 unspecified atom stereocenters. The van der Waals surface area contributed by atoms with Crippen molar-refractivity contribution >= 4 is 11.8 Å². The summed E-state index contributed by atoms with van der Waals surface area (Å²) in [6, 6.07) is -0.680. The number of nitrogens with one attached hydrogen (secondary N) is 2. The van der Waals surface area contributed by atoms with Crippen molar-refractivity contribution in [1.29, 1.82) is 0 Å². The average Bonchev–Trinajstić information content (AvgIpc) is 2.24. The van der Waals surface area contributed by atoms with E-state index in [9.17, 15) is 9.59 Å². The minimum atomic E-state index is -0.680. The van der Waals surface area contributed by atoms with Crippen LogP contribution >= 0.6 is 0 Å². The zero-order valence-electron chi connectivity index (χ0n) is 9.71. The van der Waals surface area contributed by atoms with Crippen LogP contribution in [0.25, 0.3) is 0 Å². The van der Waals surface area contributed by atoms with Crippen LogP contribution in [-0.4, -0.2) is 38.1 Å². The summed E-state index contributed by atoms with van der Waals surface area (Å²) in [5.74, 6) is -0.584. The van der Waals surface area contributed by atoms with Gasteiger partial charge < -0.3 is 15.4 Å². The Kier molecular flexibility index (Phi) is 6.87. The minimum absolute atomic E-state index is 0.131. The molecule has 2 amide bonds. The molecule has 0 radical (unpaired) electrons. The van der Waals surface area contributed by atoms with Gasteiger partial charge in [-0.25, -0.2) is 0 Å². The highest BCUT2D eigenvalue weighted by Crippen LogP contribution is 1.90. The topological polar surface area (TPSA) is 67.4 Å². The number of carbonyl (C=O) groups excluding carboxylic acids is 2. The van der Waals surface area contributed by atoms with Crippen molar-refractivity contribution in [3.05, 3.63) is 24.8 Å². The van der Waals surface area contributed by atoms with Gasteiger partial charge in [0.05, 0.1) is 6.61 Å². The first-order valence-electron chi connectivity index (χ1n) is 4.85. The van der Waals surface area contributed by atoms with E-state index in [4.69, 9.17) is 4.74 Å². The molecule has 5 heteroatoms. The molecule has 0 aliphatic rings. The lowest BCUT2D eigenvalue weighted by molar-refractivity contribution is -0.129. The van der Waals surface area contributed by atoms with Crippen LogP contribution in [0.1, 0.15) is 6.92 Å². The van der Waals surface area contributed by atoms with Crippen molar-refractivity contribution in [2.45, 2.75) is 13.0 Å². The van der Waals surface area contributed by atoms with Crippen molar-refractivity contribution in [3.63, 3.8) is 0 Å². The molecule has 0 fully saturated rings. The molecule has 2 N–H and O–H groups in total. The molecule has 0 aromatic rings. The Morgan fingerprint density at radius 2 is 2.12 bits per heavy atom. The Hall–Kier alpha value is -1.62. The molecule has 0 saturated carbocycles. The van der Waals surface area contributed by atoms with E-state index >= 15 is 0 Å². The highest BCUT2D eigenvalue weighted by Gasteiger charge is 2.18. The summed E-state index contributed by atoms with van der Waals surface area (Å²) in [4.78, 5) is 22.5. The Balaban J connectivity index is 4.20. The maximum absolute atomic E-state index is 11.6. The number of hydrogen-bond acceptors (Lipinski definition) is 3. The van der Waals surface area contributed by atoms with Gasteiger partial charge in [-0.1, -0.05) is 19.2 Å². The zero-order chi connectivity index (χ0) is 12.6. The third-order valence-corrected chi connectivity index (χ3v) is 1.81. The predicted octanol–water partition coefficient (Wildman–Crippen LogP) is -0.00410. The monoisotopic (exact) mass is 226 g/mol. The van der Waals surface area contributed by atoms with E-state index in [1.165, 1.54) is 14.0 Å². The summed E-state index contributed by atoms with van der Waals surface area (Å²) in [5, 5.41) is 5.11. The highest BCUT2D eigenvalue weighted by atomic mass is 16.5. The fourth-order valence-electron chi connectivity index (χ4n) is 0.991. The molecule has 0 heterocycles. The fraction of sp³-hybridized carbons (Fsp3) is 0.455. The second kappa shape index (κ2) is 7.64. The van der Waals surface area contributed by atoms with Gasteiger partial charge in [0.25, 0.3) is 0 Å². The van der Waals surface area contributed by atoms with E-state index in [1.807, 2.05) is 0 Å². The van der Waals surface area contributed by atoms with Gasteiger partial charge in [-0.3, -0.25) is 9.59 Å². The molecule has 0 rings (SSSR count). The minimum Gasteiger partial charge on any atom is -0.382 e. The van der Waals surface area contributed by atoms with Crippen LogP contribution in [0.2, 0.25) is 0 Å². The van der Waals surface area contributed by atoms with Gasteiger partial charge in [0.15, 0.2) is 0 Å². The lowest BCUT2D eigenvalue weighted by Gasteiger charge is -2.16. The van der Waals surface area contributed by atoms with Crippen LogP contribution in [0.4, 0.5) is 0 Å². The van der Waals surface area contributed by atoms with Gasteiger partial charge in [0, 0.05) is 20.6 Å². The zero-order valence-corrected chi connectivity index (χ0v) is 9.71. The number of methoxy groups -OCH3 is 1. The van der Waals surface area contributed by atoms with Crippen molar-refractivity contribution in [1.82, 2.24) is 10.6 Å². The summed E-state index contributed by atoms with van der Waals surface area (Å²) >= 11 is 0. The van der Waals surface area contributed by atoms with Gasteiger partial charge >= 0.3 is 0 Å². The molecule has 0 aromatic heterocycles. The molecule has 1 atom stereocenters. The van der Waals surface area contributed by atoms with Crippen molar-refractivity contribution in [3.8, 4) is 0 Å². The van der Waals surface area contributed by atoms with Gasteiger partial charge in [-0.2, -0.15) is 0 Å².